The standard InChI is InChI=1S/C10H13ClN2O/c11-9-8(6-14)12-13-10(9)7-4-2-1-3-5-7/h6-7H,1-5H2,(H,12,13). The Balaban J connectivity index is 2.22. The van der Waals surface area contributed by atoms with Gasteiger partial charge in [0.1, 0.15) is 5.69 Å². The van der Waals surface area contributed by atoms with Gasteiger partial charge in [0.05, 0.1) is 10.7 Å². The summed E-state index contributed by atoms with van der Waals surface area (Å²) in [5.41, 5.74) is 1.29. The maximum Gasteiger partial charge on any atom is 0.171 e. The van der Waals surface area contributed by atoms with Crippen LogP contribution >= 0.6 is 11.6 Å². The molecule has 14 heavy (non-hydrogen) atoms. The smallest absolute Gasteiger partial charge is 0.171 e. The number of halogens is 1. The normalized spacial score (nSPS) is 18.4. The van der Waals surface area contributed by atoms with E-state index in [0.29, 0.717) is 22.9 Å². The van der Waals surface area contributed by atoms with Crippen molar-refractivity contribution in [2.24, 2.45) is 0 Å². The van der Waals surface area contributed by atoms with Crippen LogP contribution in [0.2, 0.25) is 5.02 Å². The summed E-state index contributed by atoms with van der Waals surface area (Å²) in [7, 11) is 0. The van der Waals surface area contributed by atoms with Crippen LogP contribution < -0.4 is 0 Å². The molecule has 0 bridgehead atoms. The van der Waals surface area contributed by atoms with Crippen LogP contribution in [-0.2, 0) is 0 Å². The Morgan fingerprint density at radius 2 is 2.07 bits per heavy atom. The Labute approximate surface area is 87.8 Å². The molecule has 0 spiro atoms. The molecule has 0 radical (unpaired) electrons. The zero-order chi connectivity index (χ0) is 9.97. The number of aromatic nitrogens is 2. The van der Waals surface area contributed by atoms with Gasteiger partial charge in [-0.3, -0.25) is 9.89 Å². The highest BCUT2D eigenvalue weighted by atomic mass is 35.5. The Morgan fingerprint density at radius 3 is 2.64 bits per heavy atom. The number of nitrogens with zero attached hydrogens (tertiary/aromatic N) is 1. The third-order valence-electron chi connectivity index (χ3n) is 2.88. The van der Waals surface area contributed by atoms with Crippen molar-refractivity contribution >= 4 is 17.9 Å². The van der Waals surface area contributed by atoms with Crippen LogP contribution in [0.25, 0.3) is 0 Å². The summed E-state index contributed by atoms with van der Waals surface area (Å²) in [5.74, 6) is 0.470. The minimum atomic E-state index is 0.340. The molecule has 76 valence electrons. The van der Waals surface area contributed by atoms with Crippen LogP contribution in [0.1, 0.15) is 54.2 Å². The van der Waals surface area contributed by atoms with Crippen LogP contribution in [0.3, 0.4) is 0 Å². The Hall–Kier alpha value is -0.830. The number of rotatable bonds is 2. The summed E-state index contributed by atoms with van der Waals surface area (Å²) in [5, 5.41) is 7.29. The second kappa shape index (κ2) is 4.13. The van der Waals surface area contributed by atoms with Crippen molar-refractivity contribution in [1.82, 2.24) is 10.2 Å². The largest absolute Gasteiger partial charge is 0.296 e. The first-order valence-corrected chi connectivity index (χ1v) is 5.39. The van der Waals surface area contributed by atoms with E-state index in [1.807, 2.05) is 0 Å². The third-order valence-corrected chi connectivity index (χ3v) is 3.28. The van der Waals surface area contributed by atoms with Crippen molar-refractivity contribution in [3.05, 3.63) is 16.4 Å². The molecule has 4 heteroatoms. The van der Waals surface area contributed by atoms with Crippen LogP contribution in [0.4, 0.5) is 0 Å². The van der Waals surface area contributed by atoms with E-state index in [-0.39, 0.29) is 0 Å². The van der Waals surface area contributed by atoms with E-state index in [4.69, 9.17) is 11.6 Å². The van der Waals surface area contributed by atoms with Gasteiger partial charge in [-0.1, -0.05) is 30.9 Å². The number of hydrogen-bond donors (Lipinski definition) is 1. The molecule has 0 aromatic carbocycles. The number of aldehydes is 1. The van der Waals surface area contributed by atoms with Gasteiger partial charge in [-0.15, -0.1) is 0 Å². The number of carbonyl (C=O) groups is 1. The summed E-state index contributed by atoms with van der Waals surface area (Å²) in [6.45, 7) is 0. The lowest BCUT2D eigenvalue weighted by molar-refractivity contribution is 0.111. The number of carbonyl (C=O) groups excluding carboxylic acids is 1. The molecule has 0 aliphatic heterocycles. The lowest BCUT2D eigenvalue weighted by Gasteiger charge is -2.20. The van der Waals surface area contributed by atoms with Gasteiger partial charge in [0, 0.05) is 5.92 Å². The lowest BCUT2D eigenvalue weighted by Crippen LogP contribution is -2.05. The average Bonchev–Trinajstić information content (AvgIpc) is 2.61. The van der Waals surface area contributed by atoms with Crippen LogP contribution in [0.15, 0.2) is 0 Å². The molecule has 1 aromatic heterocycles. The number of aromatic amines is 1. The molecule has 0 atom stereocenters. The second-order valence-corrected chi connectivity index (χ2v) is 4.17. The highest BCUT2D eigenvalue weighted by molar-refractivity contribution is 6.33. The van der Waals surface area contributed by atoms with Crippen molar-refractivity contribution in [2.45, 2.75) is 38.0 Å². The molecule has 1 heterocycles. The minimum absolute atomic E-state index is 0.340. The molecule has 0 amide bonds. The van der Waals surface area contributed by atoms with E-state index >= 15 is 0 Å². The van der Waals surface area contributed by atoms with Gasteiger partial charge in [0.25, 0.3) is 0 Å². The predicted octanol–water partition coefficient (Wildman–Crippen LogP) is 2.92. The van der Waals surface area contributed by atoms with Crippen LogP contribution in [0, 0.1) is 0 Å². The van der Waals surface area contributed by atoms with Crippen LogP contribution in [0.5, 0.6) is 0 Å². The highest BCUT2D eigenvalue weighted by Gasteiger charge is 2.21. The molecule has 1 aromatic rings. The van der Waals surface area contributed by atoms with Gasteiger partial charge < -0.3 is 0 Å². The van der Waals surface area contributed by atoms with Crippen molar-refractivity contribution < 1.29 is 4.79 Å². The lowest BCUT2D eigenvalue weighted by atomic mass is 9.87. The monoisotopic (exact) mass is 212 g/mol. The van der Waals surface area contributed by atoms with Crippen molar-refractivity contribution in [2.75, 3.05) is 0 Å². The van der Waals surface area contributed by atoms with Gasteiger partial charge in [0.2, 0.25) is 0 Å². The molecule has 3 nitrogen and oxygen atoms in total. The Morgan fingerprint density at radius 1 is 1.36 bits per heavy atom. The Bertz CT molecular complexity index is 329. The molecule has 1 saturated carbocycles. The van der Waals surface area contributed by atoms with E-state index in [1.165, 1.54) is 19.3 Å². The number of nitrogens with one attached hydrogen (secondary N) is 1. The zero-order valence-electron chi connectivity index (χ0n) is 7.92. The molecular formula is C10H13ClN2O. The molecule has 0 saturated heterocycles. The van der Waals surface area contributed by atoms with Gasteiger partial charge in [0.15, 0.2) is 6.29 Å². The van der Waals surface area contributed by atoms with E-state index in [2.05, 4.69) is 10.2 Å². The van der Waals surface area contributed by atoms with Gasteiger partial charge in [-0.25, -0.2) is 0 Å². The van der Waals surface area contributed by atoms with E-state index in [9.17, 15) is 4.79 Å². The summed E-state index contributed by atoms with van der Waals surface area (Å²) in [4.78, 5) is 10.6. The zero-order valence-corrected chi connectivity index (χ0v) is 8.68. The van der Waals surface area contributed by atoms with Crippen molar-refractivity contribution in [3.8, 4) is 0 Å². The fraction of sp³-hybridized carbons (Fsp3) is 0.600. The first kappa shape index (κ1) is 9.71. The van der Waals surface area contributed by atoms with Crippen molar-refractivity contribution in [1.29, 1.82) is 0 Å². The second-order valence-electron chi connectivity index (χ2n) is 3.79. The molecule has 1 aliphatic rings. The van der Waals surface area contributed by atoms with Gasteiger partial charge >= 0.3 is 0 Å². The summed E-state index contributed by atoms with van der Waals surface area (Å²) in [6, 6.07) is 0. The predicted molar refractivity (Wildman–Crippen MR) is 54.8 cm³/mol. The summed E-state index contributed by atoms with van der Waals surface area (Å²) >= 11 is 6.03. The van der Waals surface area contributed by atoms with E-state index < -0.39 is 0 Å². The Kier molecular flexibility index (Phi) is 2.87. The van der Waals surface area contributed by atoms with Crippen LogP contribution in [-0.4, -0.2) is 16.5 Å². The maximum atomic E-state index is 10.6. The fourth-order valence-corrected chi connectivity index (χ4v) is 2.38. The minimum Gasteiger partial charge on any atom is -0.296 e. The van der Waals surface area contributed by atoms with Crippen molar-refractivity contribution in [3.63, 3.8) is 0 Å². The summed E-state index contributed by atoms with van der Waals surface area (Å²) < 4.78 is 0. The summed E-state index contributed by atoms with van der Waals surface area (Å²) in [6.07, 6.45) is 6.81. The topological polar surface area (TPSA) is 45.8 Å². The van der Waals surface area contributed by atoms with Gasteiger partial charge in [-0.05, 0) is 12.8 Å². The molecule has 2 rings (SSSR count). The average molecular weight is 213 g/mol. The third kappa shape index (κ3) is 1.69. The first-order chi connectivity index (χ1) is 6.83. The molecule has 1 N–H and O–H groups in total. The highest BCUT2D eigenvalue weighted by Crippen LogP contribution is 2.35. The quantitative estimate of drug-likeness (QED) is 0.767. The molecule has 0 unspecified atom stereocenters. The van der Waals surface area contributed by atoms with E-state index in [0.717, 1.165) is 18.5 Å². The SMILES string of the molecule is O=Cc1n[nH]c(C2CCCCC2)c1Cl. The molecular weight excluding hydrogens is 200 g/mol. The number of H-pyrrole nitrogens is 1. The van der Waals surface area contributed by atoms with E-state index in [1.54, 1.807) is 0 Å². The molecule has 1 fully saturated rings. The van der Waals surface area contributed by atoms with Gasteiger partial charge in [-0.2, -0.15) is 5.10 Å². The molecule has 1 aliphatic carbocycles. The maximum absolute atomic E-state index is 10.6. The number of hydrogen-bond acceptors (Lipinski definition) is 2. The first-order valence-electron chi connectivity index (χ1n) is 5.02. The fourth-order valence-electron chi connectivity index (χ4n) is 2.10.